The Balaban J connectivity index is 1.92. The lowest BCUT2D eigenvalue weighted by Gasteiger charge is -1.99. The highest BCUT2D eigenvalue weighted by atomic mass is 35.5. The minimum Gasteiger partial charge on any atom is -0.292 e. The van der Waals surface area contributed by atoms with Crippen molar-refractivity contribution in [3.05, 3.63) is 51.9 Å². The molecule has 0 atom stereocenters. The summed E-state index contributed by atoms with van der Waals surface area (Å²) < 4.78 is 0. The van der Waals surface area contributed by atoms with Gasteiger partial charge in [-0.2, -0.15) is 0 Å². The van der Waals surface area contributed by atoms with E-state index in [-0.39, 0.29) is 18.2 Å². The number of amides is 2. The molecule has 2 aromatic rings. The van der Waals surface area contributed by atoms with E-state index in [1.807, 2.05) is 36.4 Å². The van der Waals surface area contributed by atoms with E-state index in [1.165, 1.54) is 11.3 Å². The second-order valence-electron chi connectivity index (χ2n) is 4.41. The normalized spacial score (nSPS) is 16.8. The maximum atomic E-state index is 11.5. The molecule has 0 saturated carbocycles. The average molecular weight is 304 g/mol. The van der Waals surface area contributed by atoms with Crippen LogP contribution in [0.25, 0.3) is 16.5 Å². The van der Waals surface area contributed by atoms with E-state index in [1.54, 1.807) is 6.08 Å². The van der Waals surface area contributed by atoms with Crippen LogP contribution in [0.2, 0.25) is 5.02 Å². The van der Waals surface area contributed by atoms with Gasteiger partial charge in [-0.3, -0.25) is 14.9 Å². The molecular formula is C15H10ClNO2S. The second kappa shape index (κ2) is 5.23. The Morgan fingerprint density at radius 2 is 1.95 bits per heavy atom. The topological polar surface area (TPSA) is 46.2 Å². The van der Waals surface area contributed by atoms with Gasteiger partial charge in [0.25, 0.3) is 5.91 Å². The number of benzene rings is 1. The first-order valence-electron chi connectivity index (χ1n) is 6.03. The van der Waals surface area contributed by atoms with Crippen molar-refractivity contribution in [2.75, 3.05) is 0 Å². The average Bonchev–Trinajstić information content (AvgIpc) is 2.98. The van der Waals surface area contributed by atoms with Crippen molar-refractivity contribution in [3.63, 3.8) is 0 Å². The highest BCUT2D eigenvalue weighted by molar-refractivity contribution is 7.16. The summed E-state index contributed by atoms with van der Waals surface area (Å²) in [5.74, 6) is -0.549. The number of rotatable bonds is 2. The number of thiophene rings is 1. The molecular weight excluding hydrogens is 294 g/mol. The van der Waals surface area contributed by atoms with Crippen molar-refractivity contribution in [2.45, 2.75) is 6.42 Å². The fourth-order valence-corrected chi connectivity index (χ4v) is 3.34. The summed E-state index contributed by atoms with van der Waals surface area (Å²) in [6.45, 7) is 0. The smallest absolute Gasteiger partial charge is 0.254 e. The zero-order valence-electron chi connectivity index (χ0n) is 10.4. The van der Waals surface area contributed by atoms with Crippen LogP contribution in [0.4, 0.5) is 0 Å². The number of hydrogen-bond acceptors (Lipinski definition) is 3. The summed E-state index contributed by atoms with van der Waals surface area (Å²) in [4.78, 5) is 24.6. The number of nitrogens with one attached hydrogen (secondary N) is 1. The minimum absolute atomic E-state index is 0.151. The molecule has 3 rings (SSSR count). The molecule has 2 heterocycles. The van der Waals surface area contributed by atoms with Gasteiger partial charge in [-0.15, -0.1) is 11.3 Å². The zero-order chi connectivity index (χ0) is 14.1. The predicted octanol–water partition coefficient (Wildman–Crippen LogP) is 3.50. The van der Waals surface area contributed by atoms with Gasteiger partial charge in [-0.05, 0) is 24.3 Å². The maximum absolute atomic E-state index is 11.5. The molecule has 3 nitrogen and oxygen atoms in total. The van der Waals surface area contributed by atoms with E-state index in [0.717, 1.165) is 15.3 Å². The first-order chi connectivity index (χ1) is 9.63. The predicted molar refractivity (Wildman–Crippen MR) is 80.5 cm³/mol. The van der Waals surface area contributed by atoms with E-state index < -0.39 is 0 Å². The molecule has 1 aromatic heterocycles. The Hall–Kier alpha value is -1.91. The maximum Gasteiger partial charge on any atom is 0.254 e. The van der Waals surface area contributed by atoms with Crippen molar-refractivity contribution in [1.82, 2.24) is 5.32 Å². The lowest BCUT2D eigenvalue weighted by molar-refractivity contribution is -0.124. The summed E-state index contributed by atoms with van der Waals surface area (Å²) in [7, 11) is 0. The molecule has 0 radical (unpaired) electrons. The summed E-state index contributed by atoms with van der Waals surface area (Å²) in [6, 6.07) is 11.5. The molecule has 2 amide bonds. The zero-order valence-corrected chi connectivity index (χ0v) is 11.9. The molecule has 0 aliphatic carbocycles. The van der Waals surface area contributed by atoms with Gasteiger partial charge in [0.1, 0.15) is 0 Å². The van der Waals surface area contributed by atoms with E-state index >= 15 is 0 Å². The first kappa shape index (κ1) is 13.1. The van der Waals surface area contributed by atoms with Gasteiger partial charge in [-0.25, -0.2) is 0 Å². The molecule has 1 aromatic carbocycles. The van der Waals surface area contributed by atoms with Gasteiger partial charge in [0.2, 0.25) is 5.91 Å². The molecule has 1 aliphatic heterocycles. The number of halogens is 1. The molecule has 0 unspecified atom stereocenters. The Morgan fingerprint density at radius 3 is 2.65 bits per heavy atom. The fourth-order valence-electron chi connectivity index (χ4n) is 2.03. The highest BCUT2D eigenvalue weighted by Crippen LogP contribution is 2.34. The van der Waals surface area contributed by atoms with Crippen LogP contribution in [0.15, 0.2) is 42.0 Å². The van der Waals surface area contributed by atoms with Gasteiger partial charge >= 0.3 is 0 Å². The van der Waals surface area contributed by atoms with Crippen LogP contribution < -0.4 is 5.32 Å². The summed E-state index contributed by atoms with van der Waals surface area (Å²) in [6.07, 6.45) is 1.91. The van der Waals surface area contributed by atoms with E-state index in [9.17, 15) is 9.59 Å². The van der Waals surface area contributed by atoms with Gasteiger partial charge in [-0.1, -0.05) is 29.8 Å². The van der Waals surface area contributed by atoms with E-state index in [4.69, 9.17) is 11.6 Å². The molecule has 0 bridgehead atoms. The lowest BCUT2D eigenvalue weighted by atomic mass is 10.2. The Kier molecular flexibility index (Phi) is 3.42. The fraction of sp³-hybridized carbons (Fsp3) is 0.0667. The molecule has 1 saturated heterocycles. The summed E-state index contributed by atoms with van der Waals surface area (Å²) >= 11 is 7.70. The molecule has 1 fully saturated rings. The summed E-state index contributed by atoms with van der Waals surface area (Å²) in [5, 5.41) is 2.97. The molecule has 1 N–H and O–H groups in total. The lowest BCUT2D eigenvalue weighted by Crippen LogP contribution is -2.19. The largest absolute Gasteiger partial charge is 0.292 e. The van der Waals surface area contributed by atoms with Crippen molar-refractivity contribution in [1.29, 1.82) is 0 Å². The van der Waals surface area contributed by atoms with Gasteiger partial charge in [0.15, 0.2) is 0 Å². The van der Waals surface area contributed by atoms with Crippen LogP contribution in [0.1, 0.15) is 11.3 Å². The molecule has 5 heteroatoms. The number of carbonyl (C=O) groups is 2. The Labute approximate surface area is 124 Å². The highest BCUT2D eigenvalue weighted by Gasteiger charge is 2.23. The summed E-state index contributed by atoms with van der Waals surface area (Å²) in [5.41, 5.74) is 1.47. The quantitative estimate of drug-likeness (QED) is 0.682. The van der Waals surface area contributed by atoms with Crippen molar-refractivity contribution in [3.8, 4) is 10.4 Å². The van der Waals surface area contributed by atoms with Gasteiger partial charge in [0, 0.05) is 25.9 Å². The van der Waals surface area contributed by atoms with Crippen molar-refractivity contribution >= 4 is 40.8 Å². The molecule has 100 valence electrons. The third-order valence-corrected chi connectivity index (χ3v) is 4.37. The third kappa shape index (κ3) is 2.53. The SMILES string of the molecule is O=C1CC(=Cc2ccc(-c3ccccc3Cl)s2)C(=O)N1. The van der Waals surface area contributed by atoms with E-state index in [2.05, 4.69) is 5.32 Å². The number of carbonyl (C=O) groups excluding carboxylic acids is 2. The van der Waals surface area contributed by atoms with E-state index in [0.29, 0.717) is 10.6 Å². The standard InChI is InChI=1S/C15H10ClNO2S/c16-12-4-2-1-3-11(12)13-6-5-10(20-13)7-9-8-14(18)17-15(9)19/h1-7H,8H2,(H,17,18,19). The molecule has 1 aliphatic rings. The number of imide groups is 1. The van der Waals surface area contributed by atoms with Crippen LogP contribution in [0.5, 0.6) is 0 Å². The van der Waals surface area contributed by atoms with Crippen LogP contribution in [-0.2, 0) is 9.59 Å². The van der Waals surface area contributed by atoms with Crippen molar-refractivity contribution in [2.24, 2.45) is 0 Å². The molecule has 20 heavy (non-hydrogen) atoms. The third-order valence-electron chi connectivity index (χ3n) is 2.98. The monoisotopic (exact) mass is 303 g/mol. The minimum atomic E-state index is -0.303. The van der Waals surface area contributed by atoms with Gasteiger partial charge in [0.05, 0.1) is 6.42 Å². The Bertz CT molecular complexity index is 733. The molecule has 0 spiro atoms. The van der Waals surface area contributed by atoms with Crippen LogP contribution in [0, 0.1) is 0 Å². The van der Waals surface area contributed by atoms with Crippen molar-refractivity contribution < 1.29 is 9.59 Å². The number of hydrogen-bond donors (Lipinski definition) is 1. The van der Waals surface area contributed by atoms with Crippen LogP contribution in [-0.4, -0.2) is 11.8 Å². The Morgan fingerprint density at radius 1 is 1.15 bits per heavy atom. The second-order valence-corrected chi connectivity index (χ2v) is 5.93. The van der Waals surface area contributed by atoms with Gasteiger partial charge < -0.3 is 0 Å². The van der Waals surface area contributed by atoms with Crippen LogP contribution >= 0.6 is 22.9 Å². The first-order valence-corrected chi connectivity index (χ1v) is 7.22. The van der Waals surface area contributed by atoms with Crippen LogP contribution in [0.3, 0.4) is 0 Å².